The number of aromatic nitrogens is 2. The van der Waals surface area contributed by atoms with Crippen LogP contribution < -0.4 is 9.61 Å². The summed E-state index contributed by atoms with van der Waals surface area (Å²) in [6, 6.07) is 11.6. The Balaban J connectivity index is 1.57. The minimum Gasteiger partial charge on any atom is -0.493 e. The van der Waals surface area contributed by atoms with Crippen molar-refractivity contribution in [2.45, 2.75) is 33.1 Å². The number of aryl methyl sites for hydroxylation is 1. The number of rotatable bonds is 7. The Morgan fingerprint density at radius 3 is 2.46 bits per heavy atom. The lowest BCUT2D eigenvalue weighted by Gasteiger charge is -2.07. The van der Waals surface area contributed by atoms with Crippen LogP contribution in [0.5, 0.6) is 11.6 Å². The van der Waals surface area contributed by atoms with Gasteiger partial charge in [-0.05, 0) is 35.7 Å². The zero-order chi connectivity index (χ0) is 20.1. The van der Waals surface area contributed by atoms with Crippen molar-refractivity contribution in [3.63, 3.8) is 0 Å². The van der Waals surface area contributed by atoms with Gasteiger partial charge in [-0.25, -0.2) is 4.57 Å². The summed E-state index contributed by atoms with van der Waals surface area (Å²) in [5, 5.41) is 10.1. The molecule has 146 valence electrons. The number of carbonyl (C=O) groups excluding carboxylic acids is 1. The van der Waals surface area contributed by atoms with Crippen LogP contribution in [0, 0.1) is 0 Å². The SMILES string of the molecule is CCc1ccc(CCOc2ccc(Cc3sc(=O)n(C(C)=O)c3O)cc2)nc1. The maximum Gasteiger partial charge on any atom is 0.317 e. The zero-order valence-electron chi connectivity index (χ0n) is 15.8. The fraction of sp³-hybridized carbons (Fsp3) is 0.286. The van der Waals surface area contributed by atoms with E-state index < -0.39 is 10.8 Å². The molecule has 1 N–H and O–H groups in total. The largest absolute Gasteiger partial charge is 0.493 e. The van der Waals surface area contributed by atoms with Crippen molar-refractivity contribution in [3.8, 4) is 11.6 Å². The highest BCUT2D eigenvalue weighted by atomic mass is 32.1. The van der Waals surface area contributed by atoms with Crippen LogP contribution in [0.1, 0.15) is 40.3 Å². The molecule has 0 aliphatic heterocycles. The van der Waals surface area contributed by atoms with Crippen LogP contribution in [-0.4, -0.2) is 27.2 Å². The smallest absolute Gasteiger partial charge is 0.317 e. The number of aromatic hydroxyl groups is 1. The third-order valence-electron chi connectivity index (χ3n) is 4.38. The summed E-state index contributed by atoms with van der Waals surface area (Å²) in [6.45, 7) is 3.88. The average molecular weight is 398 g/mol. The molecule has 0 spiro atoms. The molecule has 0 amide bonds. The van der Waals surface area contributed by atoms with E-state index >= 15 is 0 Å². The predicted molar refractivity (Wildman–Crippen MR) is 109 cm³/mol. The van der Waals surface area contributed by atoms with Crippen LogP contribution in [0.4, 0.5) is 0 Å². The minimum atomic E-state index is -0.493. The molecule has 0 fully saturated rings. The molecular weight excluding hydrogens is 376 g/mol. The topological polar surface area (TPSA) is 81.4 Å². The van der Waals surface area contributed by atoms with Crippen LogP contribution >= 0.6 is 11.3 Å². The minimum absolute atomic E-state index is 0.274. The van der Waals surface area contributed by atoms with Crippen molar-refractivity contribution >= 4 is 17.2 Å². The van der Waals surface area contributed by atoms with Crippen LogP contribution in [0.15, 0.2) is 47.4 Å². The molecule has 7 heteroatoms. The normalized spacial score (nSPS) is 10.8. The molecule has 0 radical (unpaired) electrons. The fourth-order valence-electron chi connectivity index (χ4n) is 2.78. The third kappa shape index (κ3) is 4.67. The molecule has 3 aromatic rings. The number of benzene rings is 1. The van der Waals surface area contributed by atoms with Gasteiger partial charge < -0.3 is 9.84 Å². The summed E-state index contributed by atoms with van der Waals surface area (Å²) in [4.78, 5) is 27.6. The average Bonchev–Trinajstić information content (AvgIpc) is 2.97. The number of carbonyl (C=O) groups is 1. The molecule has 0 atom stereocenters. The highest BCUT2D eigenvalue weighted by Crippen LogP contribution is 2.24. The molecule has 2 heterocycles. The van der Waals surface area contributed by atoms with Gasteiger partial charge in [0.15, 0.2) is 0 Å². The first-order valence-electron chi connectivity index (χ1n) is 9.08. The summed E-state index contributed by atoms with van der Waals surface area (Å²) in [5.41, 5.74) is 3.13. The van der Waals surface area contributed by atoms with Gasteiger partial charge in [-0.1, -0.05) is 36.5 Å². The van der Waals surface area contributed by atoms with Crippen LogP contribution in [0.3, 0.4) is 0 Å². The summed E-state index contributed by atoms with van der Waals surface area (Å²) >= 11 is 0.881. The number of nitrogens with zero attached hydrogens (tertiary/aromatic N) is 2. The standard InChI is InChI=1S/C21H22N2O4S/c1-3-15-4-7-17(22-13-15)10-11-27-18-8-5-16(6-9-18)12-19-20(25)23(14(2)24)21(26)28-19/h4-9,13,25H,3,10-12H2,1-2H3. The van der Waals surface area contributed by atoms with Gasteiger partial charge in [-0.15, -0.1) is 0 Å². The van der Waals surface area contributed by atoms with Gasteiger partial charge in [0.25, 0.3) is 0 Å². The van der Waals surface area contributed by atoms with E-state index in [0.717, 1.165) is 45.8 Å². The van der Waals surface area contributed by atoms with E-state index in [1.165, 1.54) is 12.5 Å². The van der Waals surface area contributed by atoms with Crippen LogP contribution in [0.25, 0.3) is 0 Å². The molecule has 28 heavy (non-hydrogen) atoms. The van der Waals surface area contributed by atoms with Crippen molar-refractivity contribution < 1.29 is 14.6 Å². The quantitative estimate of drug-likeness (QED) is 0.659. The monoisotopic (exact) mass is 398 g/mol. The maximum absolute atomic E-state index is 11.8. The van der Waals surface area contributed by atoms with Gasteiger partial charge in [0, 0.05) is 31.7 Å². The number of thiazole rings is 1. The number of pyridine rings is 1. The van der Waals surface area contributed by atoms with Gasteiger partial charge in [-0.2, -0.15) is 0 Å². The Morgan fingerprint density at radius 1 is 1.18 bits per heavy atom. The zero-order valence-corrected chi connectivity index (χ0v) is 16.7. The molecule has 0 aliphatic carbocycles. The van der Waals surface area contributed by atoms with Gasteiger partial charge in [0.05, 0.1) is 11.5 Å². The predicted octanol–water partition coefficient (Wildman–Crippen LogP) is 3.45. The lowest BCUT2D eigenvalue weighted by molar-refractivity contribution is 0.0924. The lowest BCUT2D eigenvalue weighted by Crippen LogP contribution is -2.17. The van der Waals surface area contributed by atoms with E-state index in [1.807, 2.05) is 36.5 Å². The fourth-order valence-corrected chi connectivity index (χ4v) is 3.71. The van der Waals surface area contributed by atoms with Crippen LogP contribution in [0.2, 0.25) is 0 Å². The molecule has 6 nitrogen and oxygen atoms in total. The van der Waals surface area contributed by atoms with Crippen molar-refractivity contribution in [1.82, 2.24) is 9.55 Å². The van der Waals surface area contributed by atoms with Gasteiger partial charge >= 0.3 is 4.87 Å². The Labute approximate surface area is 167 Å². The Morgan fingerprint density at radius 2 is 1.89 bits per heavy atom. The van der Waals surface area contributed by atoms with Crippen molar-refractivity contribution in [2.75, 3.05) is 6.61 Å². The van der Waals surface area contributed by atoms with E-state index in [1.54, 1.807) is 0 Å². The Kier molecular flexibility index (Phi) is 6.26. The van der Waals surface area contributed by atoms with E-state index in [4.69, 9.17) is 4.74 Å². The number of hydrogen-bond donors (Lipinski definition) is 1. The van der Waals surface area contributed by atoms with Crippen molar-refractivity contribution in [1.29, 1.82) is 0 Å². The van der Waals surface area contributed by atoms with E-state index in [2.05, 4.69) is 18.0 Å². The van der Waals surface area contributed by atoms with Crippen molar-refractivity contribution in [2.24, 2.45) is 0 Å². The molecule has 0 aliphatic rings. The Hall–Kier alpha value is -2.93. The second kappa shape index (κ2) is 8.84. The first-order chi connectivity index (χ1) is 13.5. The molecular formula is C21H22N2O4S. The molecule has 0 saturated carbocycles. The molecule has 2 aromatic heterocycles. The Bertz CT molecular complexity index is 1000. The molecule has 0 bridgehead atoms. The maximum atomic E-state index is 11.8. The van der Waals surface area contributed by atoms with Gasteiger partial charge in [0.1, 0.15) is 5.75 Å². The summed E-state index contributed by atoms with van der Waals surface area (Å²) in [6.07, 6.45) is 3.98. The van der Waals surface area contributed by atoms with Gasteiger partial charge in [0.2, 0.25) is 11.8 Å². The van der Waals surface area contributed by atoms with E-state index in [-0.39, 0.29) is 5.88 Å². The number of hydrogen-bond acceptors (Lipinski definition) is 6. The number of ether oxygens (including phenoxy) is 1. The summed E-state index contributed by atoms with van der Waals surface area (Å²) in [7, 11) is 0. The van der Waals surface area contributed by atoms with E-state index in [9.17, 15) is 14.7 Å². The van der Waals surface area contributed by atoms with E-state index in [0.29, 0.717) is 17.9 Å². The first kappa shape index (κ1) is 19.8. The van der Waals surface area contributed by atoms with Crippen molar-refractivity contribution in [3.05, 3.63) is 74.0 Å². The summed E-state index contributed by atoms with van der Waals surface area (Å²) in [5.74, 6) is -0.0235. The molecule has 0 saturated heterocycles. The lowest BCUT2D eigenvalue weighted by atomic mass is 10.1. The van der Waals surface area contributed by atoms with Gasteiger partial charge in [-0.3, -0.25) is 14.6 Å². The highest BCUT2D eigenvalue weighted by molar-refractivity contribution is 7.09. The second-order valence-electron chi connectivity index (χ2n) is 6.40. The molecule has 1 aromatic carbocycles. The molecule has 3 rings (SSSR count). The third-order valence-corrected chi connectivity index (χ3v) is 5.31. The van der Waals surface area contributed by atoms with Crippen LogP contribution in [-0.2, 0) is 19.3 Å². The first-order valence-corrected chi connectivity index (χ1v) is 9.89. The summed E-state index contributed by atoms with van der Waals surface area (Å²) < 4.78 is 6.55. The molecule has 0 unspecified atom stereocenters. The highest BCUT2D eigenvalue weighted by Gasteiger charge is 2.17. The second-order valence-corrected chi connectivity index (χ2v) is 7.45.